The quantitative estimate of drug-likeness (QED) is 0.835. The highest BCUT2D eigenvalue weighted by Gasteiger charge is 2.16. The molecule has 1 N–H and O–H groups in total. The van der Waals surface area contributed by atoms with E-state index in [0.717, 1.165) is 17.9 Å². The number of anilines is 1. The number of methoxy groups -OCH3 is 1. The normalized spacial score (nSPS) is 15.8. The summed E-state index contributed by atoms with van der Waals surface area (Å²) in [6.45, 7) is 1.92. The number of hydrogen-bond donors (Lipinski definition) is 1. The molecular formula is C17H24ClNO2. The van der Waals surface area contributed by atoms with Crippen LogP contribution in [0.3, 0.4) is 0 Å². The number of benzene rings is 1. The third kappa shape index (κ3) is 4.63. The van der Waals surface area contributed by atoms with Gasteiger partial charge in [0, 0.05) is 17.5 Å². The van der Waals surface area contributed by atoms with Crippen molar-refractivity contribution < 1.29 is 9.53 Å². The van der Waals surface area contributed by atoms with E-state index in [1.54, 1.807) is 13.2 Å². The van der Waals surface area contributed by atoms with E-state index in [-0.39, 0.29) is 5.91 Å². The number of carbonyl (C=O) groups is 1. The summed E-state index contributed by atoms with van der Waals surface area (Å²) in [5.41, 5.74) is 1.63. The summed E-state index contributed by atoms with van der Waals surface area (Å²) in [5, 5.41) is 3.59. The van der Waals surface area contributed by atoms with Crippen LogP contribution in [0, 0.1) is 12.8 Å². The van der Waals surface area contributed by atoms with E-state index in [1.807, 2.05) is 13.0 Å². The summed E-state index contributed by atoms with van der Waals surface area (Å²) in [6, 6.07) is 3.60. The van der Waals surface area contributed by atoms with Crippen molar-refractivity contribution in [3.63, 3.8) is 0 Å². The fraction of sp³-hybridized carbons (Fsp3) is 0.588. The van der Waals surface area contributed by atoms with Crippen molar-refractivity contribution in [2.75, 3.05) is 12.4 Å². The van der Waals surface area contributed by atoms with Crippen LogP contribution < -0.4 is 10.1 Å². The van der Waals surface area contributed by atoms with Crippen LogP contribution in [-0.2, 0) is 4.79 Å². The summed E-state index contributed by atoms with van der Waals surface area (Å²) in [7, 11) is 1.58. The molecule has 0 radical (unpaired) electrons. The minimum absolute atomic E-state index is 0.0561. The van der Waals surface area contributed by atoms with E-state index in [0.29, 0.717) is 22.9 Å². The van der Waals surface area contributed by atoms with Gasteiger partial charge in [0.05, 0.1) is 12.8 Å². The maximum atomic E-state index is 12.1. The molecule has 3 nitrogen and oxygen atoms in total. The van der Waals surface area contributed by atoms with Gasteiger partial charge in [-0.3, -0.25) is 4.79 Å². The molecule has 1 amide bonds. The Labute approximate surface area is 132 Å². The number of nitrogens with one attached hydrogen (secondary N) is 1. The molecular weight excluding hydrogens is 286 g/mol. The number of aryl methyl sites for hydroxylation is 1. The number of carbonyl (C=O) groups excluding carboxylic acids is 1. The average Bonchev–Trinajstić information content (AvgIpc) is 2.49. The van der Waals surface area contributed by atoms with Crippen molar-refractivity contribution in [1.82, 2.24) is 0 Å². The molecule has 1 aliphatic carbocycles. The second-order valence-corrected chi connectivity index (χ2v) is 6.30. The largest absolute Gasteiger partial charge is 0.495 e. The SMILES string of the molecule is COc1cc(Cl)c(C)cc1NC(=O)CCC1CCCCC1. The Balaban J connectivity index is 1.91. The Morgan fingerprint density at radius 3 is 2.71 bits per heavy atom. The topological polar surface area (TPSA) is 38.3 Å². The summed E-state index contributed by atoms with van der Waals surface area (Å²) >= 11 is 6.07. The van der Waals surface area contributed by atoms with Crippen LogP contribution in [0.4, 0.5) is 5.69 Å². The van der Waals surface area contributed by atoms with Crippen molar-refractivity contribution in [3.05, 3.63) is 22.7 Å². The second-order valence-electron chi connectivity index (χ2n) is 5.89. The smallest absolute Gasteiger partial charge is 0.224 e. The summed E-state index contributed by atoms with van der Waals surface area (Å²) in [6.07, 6.45) is 8.10. The molecule has 1 aromatic rings. The standard InChI is InChI=1S/C17H24ClNO2/c1-12-10-15(16(21-2)11-14(12)18)19-17(20)9-8-13-6-4-3-5-7-13/h10-11,13H,3-9H2,1-2H3,(H,19,20). The lowest BCUT2D eigenvalue weighted by Gasteiger charge is -2.21. The van der Waals surface area contributed by atoms with Gasteiger partial charge in [0.15, 0.2) is 0 Å². The summed E-state index contributed by atoms with van der Waals surface area (Å²) in [4.78, 5) is 12.1. The molecule has 0 bridgehead atoms. The van der Waals surface area contributed by atoms with Gasteiger partial charge in [-0.15, -0.1) is 0 Å². The lowest BCUT2D eigenvalue weighted by molar-refractivity contribution is -0.116. The van der Waals surface area contributed by atoms with Crippen LogP contribution in [0.15, 0.2) is 12.1 Å². The predicted molar refractivity (Wildman–Crippen MR) is 87.2 cm³/mol. The molecule has 1 aliphatic rings. The summed E-state index contributed by atoms with van der Waals surface area (Å²) in [5.74, 6) is 1.38. The minimum atomic E-state index is 0.0561. The van der Waals surface area contributed by atoms with Crippen molar-refractivity contribution >= 4 is 23.2 Å². The number of rotatable bonds is 5. The fourth-order valence-electron chi connectivity index (χ4n) is 2.95. The maximum absolute atomic E-state index is 12.1. The molecule has 1 aromatic carbocycles. The number of halogens is 1. The van der Waals surface area contributed by atoms with Gasteiger partial charge >= 0.3 is 0 Å². The Morgan fingerprint density at radius 1 is 1.33 bits per heavy atom. The zero-order valence-electron chi connectivity index (χ0n) is 12.9. The van der Waals surface area contributed by atoms with E-state index in [1.165, 1.54) is 32.1 Å². The van der Waals surface area contributed by atoms with E-state index in [2.05, 4.69) is 5.32 Å². The first-order valence-corrected chi connectivity index (χ1v) is 8.12. The Kier molecular flexibility index (Phi) is 5.92. The minimum Gasteiger partial charge on any atom is -0.495 e. The maximum Gasteiger partial charge on any atom is 0.224 e. The van der Waals surface area contributed by atoms with Crippen LogP contribution in [-0.4, -0.2) is 13.0 Å². The highest BCUT2D eigenvalue weighted by molar-refractivity contribution is 6.31. The second kappa shape index (κ2) is 7.69. The third-order valence-corrected chi connectivity index (χ3v) is 4.67. The van der Waals surface area contributed by atoms with Crippen LogP contribution in [0.5, 0.6) is 5.75 Å². The Hall–Kier alpha value is -1.22. The Bertz CT molecular complexity index is 496. The fourth-order valence-corrected chi connectivity index (χ4v) is 3.11. The van der Waals surface area contributed by atoms with E-state index in [9.17, 15) is 4.79 Å². The van der Waals surface area contributed by atoms with Crippen molar-refractivity contribution in [2.45, 2.75) is 51.9 Å². The molecule has 0 unspecified atom stereocenters. The molecule has 0 atom stereocenters. The van der Waals surface area contributed by atoms with Gasteiger partial charge in [-0.1, -0.05) is 43.7 Å². The first-order chi connectivity index (χ1) is 10.1. The van der Waals surface area contributed by atoms with Gasteiger partial charge in [-0.2, -0.15) is 0 Å². The van der Waals surface area contributed by atoms with Gasteiger partial charge in [0.2, 0.25) is 5.91 Å². The Morgan fingerprint density at radius 2 is 2.05 bits per heavy atom. The van der Waals surface area contributed by atoms with Crippen molar-refractivity contribution in [1.29, 1.82) is 0 Å². The van der Waals surface area contributed by atoms with Gasteiger partial charge in [0.1, 0.15) is 5.75 Å². The first-order valence-electron chi connectivity index (χ1n) is 7.74. The molecule has 0 heterocycles. The van der Waals surface area contributed by atoms with E-state index in [4.69, 9.17) is 16.3 Å². The van der Waals surface area contributed by atoms with Crippen LogP contribution in [0.25, 0.3) is 0 Å². The van der Waals surface area contributed by atoms with Crippen LogP contribution in [0.2, 0.25) is 5.02 Å². The molecule has 1 saturated carbocycles. The molecule has 0 spiro atoms. The van der Waals surface area contributed by atoms with Gasteiger partial charge < -0.3 is 10.1 Å². The first kappa shape index (κ1) is 16.2. The molecule has 21 heavy (non-hydrogen) atoms. The average molecular weight is 310 g/mol. The third-order valence-electron chi connectivity index (χ3n) is 4.26. The molecule has 0 aliphatic heterocycles. The number of amides is 1. The molecule has 2 rings (SSSR count). The lowest BCUT2D eigenvalue weighted by atomic mass is 9.86. The number of hydrogen-bond acceptors (Lipinski definition) is 2. The van der Waals surface area contributed by atoms with Crippen molar-refractivity contribution in [3.8, 4) is 5.75 Å². The van der Waals surface area contributed by atoms with Crippen molar-refractivity contribution in [2.24, 2.45) is 5.92 Å². The lowest BCUT2D eigenvalue weighted by Crippen LogP contribution is -2.15. The molecule has 1 fully saturated rings. The number of ether oxygens (including phenoxy) is 1. The highest BCUT2D eigenvalue weighted by Crippen LogP contribution is 2.31. The van der Waals surface area contributed by atoms with Gasteiger partial charge in [0.25, 0.3) is 0 Å². The van der Waals surface area contributed by atoms with E-state index >= 15 is 0 Å². The molecule has 4 heteroatoms. The highest BCUT2D eigenvalue weighted by atomic mass is 35.5. The molecule has 0 saturated heterocycles. The summed E-state index contributed by atoms with van der Waals surface area (Å²) < 4.78 is 5.28. The monoisotopic (exact) mass is 309 g/mol. The molecule has 116 valence electrons. The van der Waals surface area contributed by atoms with Crippen LogP contribution in [0.1, 0.15) is 50.5 Å². The van der Waals surface area contributed by atoms with Gasteiger partial charge in [-0.25, -0.2) is 0 Å². The predicted octanol–water partition coefficient (Wildman–Crippen LogP) is 4.96. The van der Waals surface area contributed by atoms with E-state index < -0.39 is 0 Å². The van der Waals surface area contributed by atoms with Gasteiger partial charge in [-0.05, 0) is 30.9 Å². The molecule has 0 aromatic heterocycles. The zero-order valence-corrected chi connectivity index (χ0v) is 13.6. The van der Waals surface area contributed by atoms with Crippen LogP contribution >= 0.6 is 11.6 Å². The zero-order chi connectivity index (χ0) is 15.2.